The predicted octanol–water partition coefficient (Wildman–Crippen LogP) is 3.57. The molecule has 20 heavy (non-hydrogen) atoms. The molecule has 0 N–H and O–H groups in total. The maximum Gasteiger partial charge on any atom is 0.316 e. The van der Waals surface area contributed by atoms with Crippen molar-refractivity contribution in [2.45, 2.75) is 4.90 Å². The van der Waals surface area contributed by atoms with Gasteiger partial charge in [-0.2, -0.15) is 0 Å². The van der Waals surface area contributed by atoms with E-state index in [1.54, 1.807) is 24.3 Å². The van der Waals surface area contributed by atoms with E-state index >= 15 is 0 Å². The Morgan fingerprint density at radius 2 is 1.55 bits per heavy atom. The van der Waals surface area contributed by atoms with Crippen LogP contribution in [0.2, 0.25) is 0 Å². The summed E-state index contributed by atoms with van der Waals surface area (Å²) < 4.78 is 0. The van der Waals surface area contributed by atoms with Gasteiger partial charge in [0.05, 0.1) is 5.75 Å². The summed E-state index contributed by atoms with van der Waals surface area (Å²) in [5.41, 5.74) is 0.927. The van der Waals surface area contributed by atoms with E-state index in [4.69, 9.17) is 0 Å². The number of Topliss-reactive ketones (excluding diaryl/α,β-unsaturated/α-hetero) is 1. The van der Waals surface area contributed by atoms with Crippen molar-refractivity contribution < 1.29 is 9.59 Å². The van der Waals surface area contributed by atoms with Gasteiger partial charge in [0.15, 0.2) is 5.78 Å². The van der Waals surface area contributed by atoms with Gasteiger partial charge in [-0.1, -0.05) is 30.3 Å². The molecule has 2 aromatic rings. The SMILES string of the molecule is O=NC(=O)c1ccc(SCC(=O)c2ccccc2)cc1. The van der Waals surface area contributed by atoms with Crippen LogP contribution >= 0.6 is 11.8 Å². The Bertz CT molecular complexity index is 623. The number of ketones is 1. The average molecular weight is 285 g/mol. The van der Waals surface area contributed by atoms with Crippen LogP contribution in [-0.4, -0.2) is 17.4 Å². The maximum absolute atomic E-state index is 11.9. The smallest absolute Gasteiger partial charge is 0.293 e. The van der Waals surface area contributed by atoms with E-state index in [0.717, 1.165) is 4.90 Å². The molecule has 0 aliphatic rings. The standard InChI is InChI=1S/C15H11NO3S/c17-14(11-4-2-1-3-5-11)10-20-13-8-6-12(7-9-13)15(18)16-19/h1-9H,10H2. The molecule has 0 aromatic heterocycles. The summed E-state index contributed by atoms with van der Waals surface area (Å²) in [7, 11) is 0. The third kappa shape index (κ3) is 3.61. The average Bonchev–Trinajstić information content (AvgIpc) is 2.53. The summed E-state index contributed by atoms with van der Waals surface area (Å²) in [6, 6.07) is 15.5. The van der Waals surface area contributed by atoms with E-state index in [1.165, 1.54) is 23.9 Å². The van der Waals surface area contributed by atoms with Crippen LogP contribution in [0, 0.1) is 4.91 Å². The molecule has 0 radical (unpaired) electrons. The number of rotatable bonds is 5. The fraction of sp³-hybridized carbons (Fsp3) is 0.0667. The minimum absolute atomic E-state index is 0.0466. The highest BCUT2D eigenvalue weighted by Gasteiger charge is 2.08. The third-order valence-electron chi connectivity index (χ3n) is 2.65. The summed E-state index contributed by atoms with van der Waals surface area (Å²) in [5, 5.41) is 2.35. The highest BCUT2D eigenvalue weighted by Crippen LogP contribution is 2.20. The van der Waals surface area contributed by atoms with Crippen molar-refractivity contribution in [1.29, 1.82) is 0 Å². The number of carbonyl (C=O) groups excluding carboxylic acids is 2. The van der Waals surface area contributed by atoms with Crippen LogP contribution in [0.5, 0.6) is 0 Å². The van der Waals surface area contributed by atoms with Crippen molar-refractivity contribution in [3.63, 3.8) is 0 Å². The van der Waals surface area contributed by atoms with Crippen LogP contribution in [0.3, 0.4) is 0 Å². The van der Waals surface area contributed by atoms with E-state index in [9.17, 15) is 14.5 Å². The van der Waals surface area contributed by atoms with E-state index in [1.807, 2.05) is 18.2 Å². The van der Waals surface area contributed by atoms with Gasteiger partial charge in [0.1, 0.15) is 0 Å². The number of hydrogen-bond acceptors (Lipinski definition) is 4. The molecule has 0 saturated carbocycles. The molecule has 4 nitrogen and oxygen atoms in total. The maximum atomic E-state index is 11.9. The Morgan fingerprint density at radius 1 is 0.900 bits per heavy atom. The molecule has 1 amide bonds. The highest BCUT2D eigenvalue weighted by atomic mass is 32.2. The molecule has 0 atom stereocenters. The fourth-order valence-corrected chi connectivity index (χ4v) is 2.40. The quantitative estimate of drug-likeness (QED) is 0.478. The molecule has 0 aliphatic heterocycles. The van der Waals surface area contributed by atoms with Crippen molar-refractivity contribution in [2.75, 3.05) is 5.75 Å². The van der Waals surface area contributed by atoms with Crippen molar-refractivity contribution in [1.82, 2.24) is 0 Å². The fourth-order valence-electron chi connectivity index (χ4n) is 1.60. The normalized spacial score (nSPS) is 10.0. The van der Waals surface area contributed by atoms with Crippen LogP contribution in [0.4, 0.5) is 0 Å². The first kappa shape index (κ1) is 14.1. The molecule has 0 saturated heterocycles. The number of amides is 1. The van der Waals surface area contributed by atoms with Crippen LogP contribution < -0.4 is 0 Å². The Kier molecular flexibility index (Phi) is 4.79. The molecular weight excluding hydrogens is 274 g/mol. The van der Waals surface area contributed by atoms with E-state index < -0.39 is 5.91 Å². The topological polar surface area (TPSA) is 63.6 Å². The molecule has 100 valence electrons. The van der Waals surface area contributed by atoms with Crippen LogP contribution in [-0.2, 0) is 0 Å². The van der Waals surface area contributed by atoms with Gasteiger partial charge in [0, 0.05) is 21.2 Å². The van der Waals surface area contributed by atoms with Crippen molar-refractivity contribution >= 4 is 23.5 Å². The molecule has 0 aliphatic carbocycles. The van der Waals surface area contributed by atoms with Gasteiger partial charge in [-0.25, -0.2) is 0 Å². The molecule has 2 rings (SSSR count). The zero-order valence-electron chi connectivity index (χ0n) is 10.5. The summed E-state index contributed by atoms with van der Waals surface area (Å²) in [6.07, 6.45) is 0. The second-order valence-corrected chi connectivity index (χ2v) is 5.05. The van der Waals surface area contributed by atoms with Gasteiger partial charge in [-0.15, -0.1) is 16.7 Å². The van der Waals surface area contributed by atoms with Gasteiger partial charge in [-0.05, 0) is 24.3 Å². The lowest BCUT2D eigenvalue weighted by atomic mass is 10.2. The van der Waals surface area contributed by atoms with E-state index in [-0.39, 0.29) is 11.3 Å². The Hall–Kier alpha value is -2.27. The Labute approximate surface area is 120 Å². The lowest BCUT2D eigenvalue weighted by Gasteiger charge is -2.02. The van der Waals surface area contributed by atoms with Crippen molar-refractivity contribution in [3.05, 3.63) is 70.6 Å². The molecule has 2 aromatic carbocycles. The second-order valence-electron chi connectivity index (χ2n) is 4.00. The predicted molar refractivity (Wildman–Crippen MR) is 78.1 cm³/mol. The molecule has 0 heterocycles. The van der Waals surface area contributed by atoms with Gasteiger partial charge in [0.25, 0.3) is 0 Å². The Balaban J connectivity index is 1.96. The minimum Gasteiger partial charge on any atom is -0.293 e. The number of nitroso groups, excluding NO2 is 1. The zero-order chi connectivity index (χ0) is 14.4. The number of hydrogen-bond donors (Lipinski definition) is 0. The van der Waals surface area contributed by atoms with E-state index in [0.29, 0.717) is 11.3 Å². The minimum atomic E-state index is -0.790. The summed E-state index contributed by atoms with van der Waals surface area (Å²) in [6.45, 7) is 0. The van der Waals surface area contributed by atoms with Crippen molar-refractivity contribution in [3.8, 4) is 0 Å². The summed E-state index contributed by atoms with van der Waals surface area (Å²) in [5.74, 6) is -0.421. The molecular formula is C15H11NO3S. The van der Waals surface area contributed by atoms with Crippen LogP contribution in [0.1, 0.15) is 20.7 Å². The summed E-state index contributed by atoms with van der Waals surface area (Å²) >= 11 is 1.38. The molecule has 0 bridgehead atoms. The largest absolute Gasteiger partial charge is 0.316 e. The third-order valence-corrected chi connectivity index (χ3v) is 3.66. The number of nitrogens with zero attached hydrogens (tertiary/aromatic N) is 1. The summed E-state index contributed by atoms with van der Waals surface area (Å²) in [4.78, 5) is 33.9. The second kappa shape index (κ2) is 6.77. The molecule has 0 spiro atoms. The number of benzene rings is 2. The number of thioether (sulfide) groups is 1. The van der Waals surface area contributed by atoms with Gasteiger partial charge in [-0.3, -0.25) is 9.59 Å². The van der Waals surface area contributed by atoms with Gasteiger partial charge >= 0.3 is 5.91 Å². The monoisotopic (exact) mass is 285 g/mol. The van der Waals surface area contributed by atoms with Crippen LogP contribution in [0.15, 0.2) is 64.7 Å². The first-order valence-electron chi connectivity index (χ1n) is 5.89. The molecule has 0 fully saturated rings. The van der Waals surface area contributed by atoms with Crippen molar-refractivity contribution in [2.24, 2.45) is 5.18 Å². The highest BCUT2D eigenvalue weighted by molar-refractivity contribution is 8.00. The zero-order valence-corrected chi connectivity index (χ0v) is 11.3. The van der Waals surface area contributed by atoms with Crippen LogP contribution in [0.25, 0.3) is 0 Å². The van der Waals surface area contributed by atoms with E-state index in [2.05, 4.69) is 5.18 Å². The lowest BCUT2D eigenvalue weighted by Crippen LogP contribution is -2.01. The number of carbonyl (C=O) groups is 2. The van der Waals surface area contributed by atoms with Gasteiger partial charge in [0.2, 0.25) is 0 Å². The lowest BCUT2D eigenvalue weighted by molar-refractivity contribution is 0.0997. The first-order valence-corrected chi connectivity index (χ1v) is 6.88. The molecule has 0 unspecified atom stereocenters. The van der Waals surface area contributed by atoms with Gasteiger partial charge < -0.3 is 0 Å². The molecule has 5 heteroatoms. The first-order chi connectivity index (χ1) is 9.70. The Morgan fingerprint density at radius 3 is 2.15 bits per heavy atom.